The number of carboxylic acid groups (broad SMARTS) is 1. The van der Waals surface area contributed by atoms with Crippen LogP contribution < -0.4 is 0 Å². The lowest BCUT2D eigenvalue weighted by molar-refractivity contribution is -0.145. The zero-order chi connectivity index (χ0) is 14.5. The first-order valence-electron chi connectivity index (χ1n) is 7.59. The lowest BCUT2D eigenvalue weighted by Gasteiger charge is -2.35. The molecule has 1 fully saturated rings. The summed E-state index contributed by atoms with van der Waals surface area (Å²) in [6.07, 6.45) is 6.44. The Morgan fingerprint density at radius 3 is 2.70 bits per heavy atom. The molecule has 1 aromatic carbocycles. The fourth-order valence-corrected chi connectivity index (χ4v) is 4.04. The summed E-state index contributed by atoms with van der Waals surface area (Å²) in [7, 11) is 0. The van der Waals surface area contributed by atoms with Gasteiger partial charge in [-0.05, 0) is 36.3 Å². The molecule has 0 saturated heterocycles. The molecule has 20 heavy (non-hydrogen) atoms. The Kier molecular flexibility index (Phi) is 5.64. The minimum absolute atomic E-state index is 0.251. The van der Waals surface area contributed by atoms with Gasteiger partial charge < -0.3 is 5.11 Å². The van der Waals surface area contributed by atoms with Crippen molar-refractivity contribution >= 4 is 21.9 Å². The number of halogens is 1. The molecule has 1 aliphatic rings. The zero-order valence-corrected chi connectivity index (χ0v) is 13.6. The SMILES string of the molecule is CCC1CCCCC1C(Cc1ccccc1Br)C(=O)O. The van der Waals surface area contributed by atoms with Gasteiger partial charge in [0.2, 0.25) is 0 Å². The highest BCUT2D eigenvalue weighted by atomic mass is 79.9. The van der Waals surface area contributed by atoms with E-state index >= 15 is 0 Å². The second-order valence-corrected chi connectivity index (χ2v) is 6.71. The van der Waals surface area contributed by atoms with Gasteiger partial charge in [0.15, 0.2) is 0 Å². The highest BCUT2D eigenvalue weighted by molar-refractivity contribution is 9.10. The Morgan fingerprint density at radius 2 is 2.05 bits per heavy atom. The molecular weight excluding hydrogens is 316 g/mol. The molecule has 1 aromatic rings. The molecular formula is C17H23BrO2. The summed E-state index contributed by atoms with van der Waals surface area (Å²) in [5.41, 5.74) is 1.11. The van der Waals surface area contributed by atoms with Crippen molar-refractivity contribution in [2.75, 3.05) is 0 Å². The first kappa shape index (κ1) is 15.6. The minimum Gasteiger partial charge on any atom is -0.481 e. The molecule has 2 nitrogen and oxygen atoms in total. The summed E-state index contributed by atoms with van der Waals surface area (Å²) in [5, 5.41) is 9.68. The van der Waals surface area contributed by atoms with Crippen LogP contribution in [-0.2, 0) is 11.2 Å². The standard InChI is InChI=1S/C17H23BrO2/c1-2-12-7-3-5-9-14(12)15(17(19)20)11-13-8-4-6-10-16(13)18/h4,6,8,10,12,14-15H,2-3,5,7,9,11H2,1H3,(H,19,20). The molecule has 1 aliphatic carbocycles. The van der Waals surface area contributed by atoms with Crippen molar-refractivity contribution in [1.82, 2.24) is 0 Å². The average molecular weight is 339 g/mol. The molecule has 2 rings (SSSR count). The third-order valence-corrected chi connectivity index (χ3v) is 5.50. The molecule has 0 amide bonds. The van der Waals surface area contributed by atoms with Crippen LogP contribution in [0, 0.1) is 17.8 Å². The van der Waals surface area contributed by atoms with Crippen LogP contribution in [0.1, 0.15) is 44.6 Å². The first-order valence-corrected chi connectivity index (χ1v) is 8.39. The number of aliphatic carboxylic acids is 1. The molecule has 0 bridgehead atoms. The van der Waals surface area contributed by atoms with E-state index in [1.165, 1.54) is 19.3 Å². The molecule has 3 heteroatoms. The monoisotopic (exact) mass is 338 g/mol. The Bertz CT molecular complexity index is 458. The van der Waals surface area contributed by atoms with Crippen molar-refractivity contribution in [1.29, 1.82) is 0 Å². The van der Waals surface area contributed by atoms with Gasteiger partial charge >= 0.3 is 5.97 Å². The van der Waals surface area contributed by atoms with E-state index in [1.807, 2.05) is 24.3 Å². The molecule has 0 aliphatic heterocycles. The highest BCUT2D eigenvalue weighted by Gasteiger charge is 2.35. The number of hydrogen-bond acceptors (Lipinski definition) is 1. The van der Waals surface area contributed by atoms with Crippen LogP contribution in [-0.4, -0.2) is 11.1 Å². The van der Waals surface area contributed by atoms with Crippen LogP contribution >= 0.6 is 15.9 Å². The third kappa shape index (κ3) is 3.63. The van der Waals surface area contributed by atoms with Gasteiger partial charge in [0.1, 0.15) is 0 Å². The van der Waals surface area contributed by atoms with Gasteiger partial charge in [-0.15, -0.1) is 0 Å². The quantitative estimate of drug-likeness (QED) is 0.828. The largest absolute Gasteiger partial charge is 0.481 e. The predicted octanol–water partition coefficient (Wildman–Crippen LogP) is 4.91. The summed E-state index contributed by atoms with van der Waals surface area (Å²) in [5.74, 6) is 0.0238. The molecule has 1 N–H and O–H groups in total. The highest BCUT2D eigenvalue weighted by Crippen LogP contribution is 2.39. The van der Waals surface area contributed by atoms with E-state index in [2.05, 4.69) is 22.9 Å². The van der Waals surface area contributed by atoms with Crippen molar-refractivity contribution in [2.45, 2.75) is 45.4 Å². The molecule has 0 spiro atoms. The molecule has 3 atom stereocenters. The van der Waals surface area contributed by atoms with Crippen LogP contribution in [0.3, 0.4) is 0 Å². The fraction of sp³-hybridized carbons (Fsp3) is 0.588. The van der Waals surface area contributed by atoms with Crippen LogP contribution in [0.4, 0.5) is 0 Å². The van der Waals surface area contributed by atoms with Gasteiger partial charge in [-0.25, -0.2) is 0 Å². The van der Waals surface area contributed by atoms with E-state index in [0.29, 0.717) is 18.3 Å². The van der Waals surface area contributed by atoms with E-state index in [0.717, 1.165) is 22.9 Å². The minimum atomic E-state index is -0.633. The van der Waals surface area contributed by atoms with E-state index in [9.17, 15) is 9.90 Å². The van der Waals surface area contributed by atoms with Crippen molar-refractivity contribution in [2.24, 2.45) is 17.8 Å². The van der Waals surface area contributed by atoms with Gasteiger partial charge in [-0.3, -0.25) is 4.79 Å². The van der Waals surface area contributed by atoms with E-state index in [-0.39, 0.29) is 5.92 Å². The normalized spacial score (nSPS) is 24.3. The maximum Gasteiger partial charge on any atom is 0.307 e. The number of hydrogen-bond donors (Lipinski definition) is 1. The maximum atomic E-state index is 11.8. The van der Waals surface area contributed by atoms with Crippen LogP contribution in [0.5, 0.6) is 0 Å². The third-order valence-electron chi connectivity index (χ3n) is 4.72. The Balaban J connectivity index is 2.18. The van der Waals surface area contributed by atoms with Gasteiger partial charge in [0, 0.05) is 4.47 Å². The Labute approximate surface area is 129 Å². The molecule has 1 saturated carbocycles. The zero-order valence-electron chi connectivity index (χ0n) is 12.0. The van der Waals surface area contributed by atoms with Gasteiger partial charge in [-0.2, -0.15) is 0 Å². The smallest absolute Gasteiger partial charge is 0.307 e. The van der Waals surface area contributed by atoms with Gasteiger partial charge in [0.25, 0.3) is 0 Å². The molecule has 0 radical (unpaired) electrons. The van der Waals surface area contributed by atoms with Crippen LogP contribution in [0.15, 0.2) is 28.7 Å². The summed E-state index contributed by atoms with van der Waals surface area (Å²) in [6, 6.07) is 7.98. The number of carbonyl (C=O) groups is 1. The Morgan fingerprint density at radius 1 is 1.35 bits per heavy atom. The fourth-order valence-electron chi connectivity index (χ4n) is 3.60. The molecule has 110 valence electrons. The van der Waals surface area contributed by atoms with Crippen molar-refractivity contribution in [3.63, 3.8) is 0 Å². The van der Waals surface area contributed by atoms with Crippen molar-refractivity contribution in [3.05, 3.63) is 34.3 Å². The van der Waals surface area contributed by atoms with Gasteiger partial charge in [0.05, 0.1) is 5.92 Å². The average Bonchev–Trinajstić information content (AvgIpc) is 2.46. The van der Waals surface area contributed by atoms with E-state index in [4.69, 9.17) is 0 Å². The van der Waals surface area contributed by atoms with E-state index in [1.54, 1.807) is 0 Å². The second kappa shape index (κ2) is 7.26. The number of benzene rings is 1. The van der Waals surface area contributed by atoms with Crippen molar-refractivity contribution < 1.29 is 9.90 Å². The van der Waals surface area contributed by atoms with Crippen molar-refractivity contribution in [3.8, 4) is 0 Å². The first-order chi connectivity index (χ1) is 9.63. The van der Waals surface area contributed by atoms with Crippen LogP contribution in [0.25, 0.3) is 0 Å². The van der Waals surface area contributed by atoms with E-state index < -0.39 is 5.97 Å². The molecule has 0 aromatic heterocycles. The predicted molar refractivity (Wildman–Crippen MR) is 84.7 cm³/mol. The number of carboxylic acids is 1. The summed E-state index contributed by atoms with van der Waals surface area (Å²) in [4.78, 5) is 11.8. The Hall–Kier alpha value is -0.830. The molecule has 0 heterocycles. The van der Waals surface area contributed by atoms with Gasteiger partial charge in [-0.1, -0.05) is 66.7 Å². The summed E-state index contributed by atoms with van der Waals surface area (Å²) < 4.78 is 1.02. The lowest BCUT2D eigenvalue weighted by Crippen LogP contribution is -2.33. The molecule has 3 unspecified atom stereocenters. The number of rotatable bonds is 5. The summed E-state index contributed by atoms with van der Waals surface area (Å²) >= 11 is 3.54. The maximum absolute atomic E-state index is 11.8. The van der Waals surface area contributed by atoms with Crippen LogP contribution in [0.2, 0.25) is 0 Å². The topological polar surface area (TPSA) is 37.3 Å². The summed E-state index contributed by atoms with van der Waals surface area (Å²) in [6.45, 7) is 2.19. The second-order valence-electron chi connectivity index (χ2n) is 5.86. The lowest BCUT2D eigenvalue weighted by atomic mass is 9.70.